The van der Waals surface area contributed by atoms with Crippen molar-refractivity contribution in [2.24, 2.45) is 0 Å². The van der Waals surface area contributed by atoms with Gasteiger partial charge in [0.25, 0.3) is 5.91 Å². The number of carbonyl (C=O) groups is 1. The molecule has 0 fully saturated rings. The second kappa shape index (κ2) is 9.82. The van der Waals surface area contributed by atoms with Gasteiger partial charge in [-0.15, -0.1) is 0 Å². The number of rotatable bonds is 9. The average molecular weight is 409 g/mol. The Labute approximate surface area is 176 Å². The van der Waals surface area contributed by atoms with Crippen LogP contribution in [-0.2, 0) is 4.79 Å². The van der Waals surface area contributed by atoms with E-state index in [-0.39, 0.29) is 5.91 Å². The molecule has 1 amide bonds. The van der Waals surface area contributed by atoms with Crippen LogP contribution in [0, 0.1) is 6.92 Å². The van der Waals surface area contributed by atoms with Crippen LogP contribution in [0.3, 0.4) is 0 Å². The maximum absolute atomic E-state index is 12.7. The number of nitrogens with one attached hydrogen (secondary N) is 2. The summed E-state index contributed by atoms with van der Waals surface area (Å²) in [6.07, 6.45) is -0.684. The number of nitrogens with zero attached hydrogens (tertiary/aromatic N) is 1. The molecule has 3 rings (SSSR count). The van der Waals surface area contributed by atoms with Crippen LogP contribution in [0.25, 0.3) is 11.1 Å². The van der Waals surface area contributed by atoms with Crippen molar-refractivity contribution in [3.8, 4) is 28.4 Å². The molecule has 7 nitrogen and oxygen atoms in total. The number of aromatic amines is 1. The van der Waals surface area contributed by atoms with Gasteiger partial charge < -0.3 is 19.5 Å². The minimum absolute atomic E-state index is 0.289. The Bertz CT molecular complexity index is 985. The molecule has 0 bridgehead atoms. The maximum atomic E-state index is 12.7. The molecule has 2 aromatic carbocycles. The third-order valence-corrected chi connectivity index (χ3v) is 4.45. The number of benzene rings is 2. The van der Waals surface area contributed by atoms with Gasteiger partial charge in [0, 0.05) is 11.3 Å². The molecule has 7 heteroatoms. The van der Waals surface area contributed by atoms with Gasteiger partial charge in [-0.05, 0) is 57.5 Å². The summed E-state index contributed by atoms with van der Waals surface area (Å²) in [4.78, 5) is 12.7. The molecule has 0 aliphatic carbocycles. The Kier molecular flexibility index (Phi) is 6.95. The molecule has 0 saturated heterocycles. The van der Waals surface area contributed by atoms with Crippen LogP contribution < -0.4 is 19.5 Å². The molecule has 1 aromatic heterocycles. The van der Waals surface area contributed by atoms with Gasteiger partial charge in [-0.1, -0.05) is 24.3 Å². The molecule has 0 spiro atoms. The summed E-state index contributed by atoms with van der Waals surface area (Å²) in [5, 5.41) is 10.1. The maximum Gasteiger partial charge on any atom is 0.266 e. The van der Waals surface area contributed by atoms with Crippen LogP contribution in [0.15, 0.2) is 48.5 Å². The van der Waals surface area contributed by atoms with E-state index >= 15 is 0 Å². The monoisotopic (exact) mass is 409 g/mol. The van der Waals surface area contributed by atoms with Crippen molar-refractivity contribution in [1.82, 2.24) is 10.2 Å². The molecule has 0 aliphatic heterocycles. The van der Waals surface area contributed by atoms with E-state index < -0.39 is 6.10 Å². The number of aryl methyl sites for hydroxylation is 1. The third-order valence-electron chi connectivity index (χ3n) is 4.45. The summed E-state index contributed by atoms with van der Waals surface area (Å²) < 4.78 is 17.1. The quantitative estimate of drug-likeness (QED) is 0.540. The van der Waals surface area contributed by atoms with Crippen molar-refractivity contribution in [3.05, 3.63) is 54.2 Å². The van der Waals surface area contributed by atoms with E-state index in [1.165, 1.54) is 0 Å². The summed E-state index contributed by atoms with van der Waals surface area (Å²) in [7, 11) is 0. The van der Waals surface area contributed by atoms with Gasteiger partial charge in [0.2, 0.25) is 0 Å². The standard InChI is InChI=1S/C23H27N3O4/c1-5-28-19-13-12-17(14-20(19)29-6-2)21-15(3)25-26-22(21)24-23(27)16(4)30-18-10-8-7-9-11-18/h7-14,16H,5-6H2,1-4H3,(H2,24,25,26,27)/t16-/m1/s1. The fourth-order valence-corrected chi connectivity index (χ4v) is 3.05. The van der Waals surface area contributed by atoms with E-state index in [1.54, 1.807) is 6.92 Å². The number of anilines is 1. The smallest absolute Gasteiger partial charge is 0.266 e. The zero-order chi connectivity index (χ0) is 21.5. The van der Waals surface area contributed by atoms with E-state index in [4.69, 9.17) is 14.2 Å². The van der Waals surface area contributed by atoms with Crippen molar-refractivity contribution < 1.29 is 19.0 Å². The largest absolute Gasteiger partial charge is 0.490 e. The molecule has 0 saturated carbocycles. The molecule has 1 atom stereocenters. The van der Waals surface area contributed by atoms with Gasteiger partial charge in [0.05, 0.1) is 13.2 Å². The molecule has 3 aromatic rings. The Morgan fingerprint density at radius 1 is 1.07 bits per heavy atom. The van der Waals surface area contributed by atoms with Crippen molar-refractivity contribution in [2.45, 2.75) is 33.8 Å². The third kappa shape index (κ3) is 4.92. The van der Waals surface area contributed by atoms with Crippen LogP contribution in [0.4, 0.5) is 5.82 Å². The number of aromatic nitrogens is 2. The number of hydrogen-bond donors (Lipinski definition) is 2. The van der Waals surface area contributed by atoms with Gasteiger partial charge in [0.1, 0.15) is 5.75 Å². The average Bonchev–Trinajstić information content (AvgIpc) is 3.10. The van der Waals surface area contributed by atoms with Gasteiger partial charge in [0.15, 0.2) is 23.4 Å². The van der Waals surface area contributed by atoms with E-state index in [0.717, 1.165) is 16.8 Å². The number of carbonyl (C=O) groups excluding carboxylic acids is 1. The summed E-state index contributed by atoms with van der Waals surface area (Å²) in [5.74, 6) is 2.11. The highest BCUT2D eigenvalue weighted by Crippen LogP contribution is 2.36. The van der Waals surface area contributed by atoms with Crippen LogP contribution in [0.1, 0.15) is 26.5 Å². The molecule has 0 unspecified atom stereocenters. The lowest BCUT2D eigenvalue weighted by Crippen LogP contribution is -2.30. The molecule has 0 aliphatic rings. The summed E-state index contributed by atoms with van der Waals surface area (Å²) in [6, 6.07) is 14.9. The zero-order valence-electron chi connectivity index (χ0n) is 17.7. The lowest BCUT2D eigenvalue weighted by atomic mass is 10.0. The summed E-state index contributed by atoms with van der Waals surface area (Å²) in [5.41, 5.74) is 2.48. The predicted octanol–water partition coefficient (Wildman–Crippen LogP) is 4.59. The fraction of sp³-hybridized carbons (Fsp3) is 0.304. The van der Waals surface area contributed by atoms with Gasteiger partial charge in [-0.3, -0.25) is 9.89 Å². The number of hydrogen-bond acceptors (Lipinski definition) is 5. The molecular formula is C23H27N3O4. The van der Waals surface area contributed by atoms with E-state index in [9.17, 15) is 4.79 Å². The van der Waals surface area contributed by atoms with Gasteiger partial charge in [-0.25, -0.2) is 0 Å². The molecule has 158 valence electrons. The van der Waals surface area contributed by atoms with Crippen molar-refractivity contribution >= 4 is 11.7 Å². The number of ether oxygens (including phenoxy) is 3. The Morgan fingerprint density at radius 3 is 2.47 bits per heavy atom. The van der Waals surface area contributed by atoms with Gasteiger partial charge in [-0.2, -0.15) is 5.10 Å². The topological polar surface area (TPSA) is 85.5 Å². The molecule has 0 radical (unpaired) electrons. The molecule has 1 heterocycles. The van der Waals surface area contributed by atoms with Crippen LogP contribution in [0.2, 0.25) is 0 Å². The highest BCUT2D eigenvalue weighted by molar-refractivity contribution is 5.97. The van der Waals surface area contributed by atoms with E-state index in [2.05, 4.69) is 15.5 Å². The van der Waals surface area contributed by atoms with E-state index in [1.807, 2.05) is 69.3 Å². The highest BCUT2D eigenvalue weighted by Gasteiger charge is 2.21. The number of amides is 1. The first kappa shape index (κ1) is 21.2. The lowest BCUT2D eigenvalue weighted by Gasteiger charge is -2.15. The first-order valence-corrected chi connectivity index (χ1v) is 10.0. The normalized spacial score (nSPS) is 11.6. The first-order valence-electron chi connectivity index (χ1n) is 10.0. The summed E-state index contributed by atoms with van der Waals surface area (Å²) in [6.45, 7) is 8.52. The predicted molar refractivity (Wildman–Crippen MR) is 116 cm³/mol. The Hall–Kier alpha value is -3.48. The summed E-state index contributed by atoms with van der Waals surface area (Å²) >= 11 is 0. The van der Waals surface area contributed by atoms with Crippen LogP contribution in [-0.4, -0.2) is 35.4 Å². The highest BCUT2D eigenvalue weighted by atomic mass is 16.5. The van der Waals surface area contributed by atoms with Crippen LogP contribution in [0.5, 0.6) is 17.2 Å². The SMILES string of the molecule is CCOc1ccc(-c2c(NC(=O)[C@@H](C)Oc3ccccc3)n[nH]c2C)cc1OCC. The minimum Gasteiger partial charge on any atom is -0.490 e. The lowest BCUT2D eigenvalue weighted by molar-refractivity contribution is -0.122. The number of para-hydroxylation sites is 1. The Balaban J connectivity index is 1.82. The van der Waals surface area contributed by atoms with E-state index in [0.29, 0.717) is 36.3 Å². The van der Waals surface area contributed by atoms with Crippen molar-refractivity contribution in [1.29, 1.82) is 0 Å². The second-order valence-corrected chi connectivity index (χ2v) is 6.66. The van der Waals surface area contributed by atoms with Crippen molar-refractivity contribution in [2.75, 3.05) is 18.5 Å². The van der Waals surface area contributed by atoms with Gasteiger partial charge >= 0.3 is 0 Å². The Morgan fingerprint density at radius 2 is 1.77 bits per heavy atom. The molecule has 2 N–H and O–H groups in total. The molecule has 30 heavy (non-hydrogen) atoms. The zero-order valence-corrected chi connectivity index (χ0v) is 17.7. The minimum atomic E-state index is -0.684. The fourth-order valence-electron chi connectivity index (χ4n) is 3.05. The molecular weight excluding hydrogens is 382 g/mol. The second-order valence-electron chi connectivity index (χ2n) is 6.66. The first-order chi connectivity index (χ1) is 14.5. The van der Waals surface area contributed by atoms with Crippen LogP contribution >= 0.6 is 0 Å². The van der Waals surface area contributed by atoms with Crippen molar-refractivity contribution in [3.63, 3.8) is 0 Å². The number of H-pyrrole nitrogens is 1.